The van der Waals surface area contributed by atoms with Crippen LogP contribution in [0.15, 0.2) is 0 Å². The van der Waals surface area contributed by atoms with Crippen LogP contribution in [0.2, 0.25) is 0 Å². The van der Waals surface area contributed by atoms with Gasteiger partial charge in [-0.2, -0.15) is 0 Å². The first-order valence-electron chi connectivity index (χ1n) is 7.47. The van der Waals surface area contributed by atoms with Gasteiger partial charge in [0.2, 0.25) is 0 Å². The standard InChI is InChI=1S/C15H24N2S/c1-3-16-15(9-7-11(2)8-10-15)14-17-12-5-4-6-13(12)18-14/h11,16H,3-10H2,1-2H3. The summed E-state index contributed by atoms with van der Waals surface area (Å²) in [4.78, 5) is 6.56. The van der Waals surface area contributed by atoms with Gasteiger partial charge in [-0.05, 0) is 57.4 Å². The molecule has 3 rings (SSSR count). The lowest BCUT2D eigenvalue weighted by atomic mass is 9.77. The fourth-order valence-corrected chi connectivity index (χ4v) is 4.83. The first kappa shape index (κ1) is 12.6. The van der Waals surface area contributed by atoms with Crippen LogP contribution in [0.4, 0.5) is 0 Å². The number of thiazole rings is 1. The Balaban J connectivity index is 1.88. The Kier molecular flexibility index (Phi) is 3.46. The molecule has 2 nitrogen and oxygen atoms in total. The third-order valence-corrected chi connectivity index (χ3v) is 6.01. The first-order valence-corrected chi connectivity index (χ1v) is 8.29. The van der Waals surface area contributed by atoms with Gasteiger partial charge in [-0.3, -0.25) is 0 Å². The van der Waals surface area contributed by atoms with Crippen LogP contribution < -0.4 is 5.32 Å². The minimum atomic E-state index is 0.205. The third-order valence-electron chi connectivity index (χ3n) is 4.65. The van der Waals surface area contributed by atoms with Crippen molar-refractivity contribution >= 4 is 11.3 Å². The molecule has 0 radical (unpaired) electrons. The largest absolute Gasteiger partial charge is 0.306 e. The van der Waals surface area contributed by atoms with Gasteiger partial charge in [0.05, 0.1) is 11.2 Å². The Morgan fingerprint density at radius 2 is 2.11 bits per heavy atom. The van der Waals surface area contributed by atoms with E-state index < -0.39 is 0 Å². The van der Waals surface area contributed by atoms with Crippen molar-refractivity contribution in [3.8, 4) is 0 Å². The van der Waals surface area contributed by atoms with Gasteiger partial charge in [0, 0.05) is 4.88 Å². The number of nitrogens with one attached hydrogen (secondary N) is 1. The second-order valence-electron chi connectivity index (χ2n) is 6.04. The van der Waals surface area contributed by atoms with E-state index >= 15 is 0 Å². The lowest BCUT2D eigenvalue weighted by molar-refractivity contribution is 0.199. The molecule has 0 atom stereocenters. The zero-order chi connectivity index (χ0) is 12.6. The molecule has 0 amide bonds. The van der Waals surface area contributed by atoms with E-state index in [1.165, 1.54) is 55.6 Å². The molecule has 2 aliphatic rings. The van der Waals surface area contributed by atoms with Crippen LogP contribution in [-0.2, 0) is 18.4 Å². The Morgan fingerprint density at radius 1 is 1.33 bits per heavy atom. The normalized spacial score (nSPS) is 31.6. The van der Waals surface area contributed by atoms with Crippen molar-refractivity contribution in [1.82, 2.24) is 10.3 Å². The predicted molar refractivity (Wildman–Crippen MR) is 77.1 cm³/mol. The molecule has 0 aliphatic heterocycles. The topological polar surface area (TPSA) is 24.9 Å². The molecule has 0 saturated heterocycles. The van der Waals surface area contributed by atoms with Crippen LogP contribution in [0.3, 0.4) is 0 Å². The van der Waals surface area contributed by atoms with Crippen LogP contribution in [0.25, 0.3) is 0 Å². The fraction of sp³-hybridized carbons (Fsp3) is 0.800. The highest BCUT2D eigenvalue weighted by Crippen LogP contribution is 2.42. The van der Waals surface area contributed by atoms with E-state index in [-0.39, 0.29) is 5.54 Å². The molecule has 1 aromatic rings. The van der Waals surface area contributed by atoms with E-state index in [1.54, 1.807) is 4.88 Å². The Bertz CT molecular complexity index is 395. The molecular formula is C15H24N2S. The van der Waals surface area contributed by atoms with Crippen molar-refractivity contribution < 1.29 is 0 Å². The quantitative estimate of drug-likeness (QED) is 0.901. The minimum absolute atomic E-state index is 0.205. The molecule has 0 bridgehead atoms. The highest BCUT2D eigenvalue weighted by Gasteiger charge is 2.38. The molecule has 1 saturated carbocycles. The summed E-state index contributed by atoms with van der Waals surface area (Å²) in [6, 6.07) is 0. The summed E-state index contributed by atoms with van der Waals surface area (Å²) in [7, 11) is 0. The summed E-state index contributed by atoms with van der Waals surface area (Å²) >= 11 is 1.99. The van der Waals surface area contributed by atoms with Gasteiger partial charge in [0.15, 0.2) is 0 Å². The lowest BCUT2D eigenvalue weighted by Gasteiger charge is -2.38. The summed E-state index contributed by atoms with van der Waals surface area (Å²) < 4.78 is 0. The van der Waals surface area contributed by atoms with Crippen LogP contribution >= 0.6 is 11.3 Å². The van der Waals surface area contributed by atoms with Gasteiger partial charge in [-0.15, -0.1) is 11.3 Å². The lowest BCUT2D eigenvalue weighted by Crippen LogP contribution is -2.45. The van der Waals surface area contributed by atoms with E-state index in [9.17, 15) is 0 Å². The smallest absolute Gasteiger partial charge is 0.113 e. The molecule has 0 unspecified atom stereocenters. The maximum Gasteiger partial charge on any atom is 0.113 e. The minimum Gasteiger partial charge on any atom is -0.306 e. The number of aromatic nitrogens is 1. The number of nitrogens with zero attached hydrogens (tertiary/aromatic N) is 1. The van der Waals surface area contributed by atoms with Crippen molar-refractivity contribution in [1.29, 1.82) is 0 Å². The van der Waals surface area contributed by atoms with Crippen LogP contribution in [0.1, 0.15) is 61.5 Å². The molecule has 1 aromatic heterocycles. The van der Waals surface area contributed by atoms with E-state index in [0.29, 0.717) is 0 Å². The fourth-order valence-electron chi connectivity index (χ4n) is 3.45. The molecule has 100 valence electrons. The maximum atomic E-state index is 4.99. The van der Waals surface area contributed by atoms with Crippen molar-refractivity contribution in [3.05, 3.63) is 15.6 Å². The summed E-state index contributed by atoms with van der Waals surface area (Å²) in [5.41, 5.74) is 1.61. The molecular weight excluding hydrogens is 240 g/mol. The molecule has 3 heteroatoms. The van der Waals surface area contributed by atoms with Crippen LogP contribution in [-0.4, -0.2) is 11.5 Å². The highest BCUT2D eigenvalue weighted by atomic mass is 32.1. The second-order valence-corrected chi connectivity index (χ2v) is 7.12. The van der Waals surface area contributed by atoms with Gasteiger partial charge >= 0.3 is 0 Å². The predicted octanol–water partition coefficient (Wildman–Crippen LogP) is 3.65. The molecule has 0 aromatic carbocycles. The molecule has 18 heavy (non-hydrogen) atoms. The second kappa shape index (κ2) is 4.93. The summed E-state index contributed by atoms with van der Waals surface area (Å²) in [6.45, 7) is 5.66. The first-order chi connectivity index (χ1) is 8.73. The van der Waals surface area contributed by atoms with Crippen LogP contribution in [0, 0.1) is 5.92 Å². The summed E-state index contributed by atoms with van der Waals surface area (Å²) in [5.74, 6) is 0.892. The van der Waals surface area contributed by atoms with Gasteiger partial charge < -0.3 is 5.32 Å². The van der Waals surface area contributed by atoms with Gasteiger partial charge in [0.25, 0.3) is 0 Å². The Hall–Kier alpha value is -0.410. The van der Waals surface area contributed by atoms with Gasteiger partial charge in [-0.1, -0.05) is 13.8 Å². The molecule has 1 fully saturated rings. The van der Waals surface area contributed by atoms with Crippen molar-refractivity contribution in [2.45, 2.75) is 64.3 Å². The number of fused-ring (bicyclic) bond motifs is 1. The van der Waals surface area contributed by atoms with E-state index in [4.69, 9.17) is 4.98 Å². The number of rotatable bonds is 3. The van der Waals surface area contributed by atoms with E-state index in [1.807, 2.05) is 11.3 Å². The summed E-state index contributed by atoms with van der Waals surface area (Å²) in [6.07, 6.45) is 9.03. The number of hydrogen-bond acceptors (Lipinski definition) is 3. The Morgan fingerprint density at radius 3 is 2.78 bits per heavy atom. The number of aryl methyl sites for hydroxylation is 2. The summed E-state index contributed by atoms with van der Waals surface area (Å²) in [5, 5.41) is 5.16. The molecule has 2 aliphatic carbocycles. The van der Waals surface area contributed by atoms with Gasteiger partial charge in [-0.25, -0.2) is 4.98 Å². The van der Waals surface area contributed by atoms with Crippen molar-refractivity contribution in [3.63, 3.8) is 0 Å². The maximum absolute atomic E-state index is 4.99. The average molecular weight is 264 g/mol. The molecule has 1 heterocycles. The van der Waals surface area contributed by atoms with Crippen LogP contribution in [0.5, 0.6) is 0 Å². The molecule has 1 N–H and O–H groups in total. The van der Waals surface area contributed by atoms with Crippen molar-refractivity contribution in [2.75, 3.05) is 6.54 Å². The van der Waals surface area contributed by atoms with Crippen molar-refractivity contribution in [2.24, 2.45) is 5.92 Å². The highest BCUT2D eigenvalue weighted by molar-refractivity contribution is 7.12. The SMILES string of the molecule is CCNC1(c2nc3c(s2)CCC3)CCC(C)CC1. The molecule has 0 spiro atoms. The van der Waals surface area contributed by atoms with E-state index in [0.717, 1.165) is 12.5 Å². The monoisotopic (exact) mass is 264 g/mol. The zero-order valence-electron chi connectivity index (χ0n) is 11.6. The number of hydrogen-bond donors (Lipinski definition) is 1. The van der Waals surface area contributed by atoms with Gasteiger partial charge in [0.1, 0.15) is 5.01 Å². The van der Waals surface area contributed by atoms with E-state index in [2.05, 4.69) is 19.2 Å². The third kappa shape index (κ3) is 2.12. The Labute approximate surface area is 114 Å². The zero-order valence-corrected chi connectivity index (χ0v) is 12.4. The average Bonchev–Trinajstić information content (AvgIpc) is 2.93.